The number of halogens is 1. The molecule has 2 rings (SSSR count). The van der Waals surface area contributed by atoms with Crippen LogP contribution < -0.4 is 15.8 Å². The van der Waals surface area contributed by atoms with Gasteiger partial charge in [0.05, 0.1) is 7.11 Å². The average molecular weight is 317 g/mol. The van der Waals surface area contributed by atoms with E-state index in [1.165, 1.54) is 12.1 Å². The van der Waals surface area contributed by atoms with Gasteiger partial charge >= 0.3 is 0 Å². The van der Waals surface area contributed by atoms with Gasteiger partial charge in [-0.15, -0.1) is 0 Å². The Morgan fingerprint density at radius 3 is 2.87 bits per heavy atom. The van der Waals surface area contributed by atoms with Crippen molar-refractivity contribution in [2.75, 3.05) is 13.7 Å². The Balaban J connectivity index is 1.73. The lowest BCUT2D eigenvalue weighted by Crippen LogP contribution is -2.27. The first-order chi connectivity index (χ1) is 11.1. The van der Waals surface area contributed by atoms with E-state index in [2.05, 4.69) is 5.32 Å². The molecule has 0 aliphatic rings. The molecule has 0 amide bonds. The van der Waals surface area contributed by atoms with Gasteiger partial charge in [-0.05, 0) is 48.4 Å². The molecule has 0 aliphatic carbocycles. The summed E-state index contributed by atoms with van der Waals surface area (Å²) in [5.74, 6) is 0.263. The fourth-order valence-electron chi connectivity index (χ4n) is 2.31. The summed E-state index contributed by atoms with van der Waals surface area (Å²) in [6.07, 6.45) is 2.46. The number of hydrogen-bond acceptors (Lipinski definition) is 4. The molecular formula is C18H22FN2O2. The van der Waals surface area contributed by atoms with Crippen LogP contribution in [-0.4, -0.2) is 24.8 Å². The number of phenolic OH excluding ortho intramolecular Hbond substituents is 1. The van der Waals surface area contributed by atoms with Gasteiger partial charge in [-0.3, -0.25) is 0 Å². The van der Waals surface area contributed by atoms with Gasteiger partial charge in [-0.1, -0.05) is 12.1 Å². The van der Waals surface area contributed by atoms with Crippen LogP contribution in [0.1, 0.15) is 17.5 Å². The van der Waals surface area contributed by atoms with Crippen molar-refractivity contribution >= 4 is 0 Å². The van der Waals surface area contributed by atoms with Crippen LogP contribution in [0.5, 0.6) is 11.5 Å². The molecule has 0 spiro atoms. The van der Waals surface area contributed by atoms with E-state index in [0.29, 0.717) is 12.0 Å². The minimum Gasteiger partial charge on any atom is -0.508 e. The van der Waals surface area contributed by atoms with E-state index in [1.807, 2.05) is 24.3 Å². The average Bonchev–Trinajstić information content (AvgIpc) is 2.51. The van der Waals surface area contributed by atoms with Crippen LogP contribution in [0, 0.1) is 12.2 Å². The molecule has 0 bridgehead atoms. The molecular weight excluding hydrogens is 295 g/mol. The van der Waals surface area contributed by atoms with Gasteiger partial charge in [0.1, 0.15) is 17.3 Å². The molecule has 0 saturated heterocycles. The number of benzene rings is 2. The molecule has 0 unspecified atom stereocenters. The second-order valence-corrected chi connectivity index (χ2v) is 5.39. The molecule has 2 aromatic carbocycles. The second kappa shape index (κ2) is 8.50. The molecule has 1 radical (unpaired) electrons. The quantitative estimate of drug-likeness (QED) is 0.655. The molecule has 2 aromatic rings. The monoisotopic (exact) mass is 317 g/mol. The minimum atomic E-state index is -0.473. The maximum absolute atomic E-state index is 13.2. The summed E-state index contributed by atoms with van der Waals surface area (Å²) in [7, 11) is 1.64. The van der Waals surface area contributed by atoms with Gasteiger partial charge in [0.2, 0.25) is 0 Å². The first-order valence-corrected chi connectivity index (χ1v) is 7.50. The van der Waals surface area contributed by atoms with Crippen molar-refractivity contribution in [2.24, 2.45) is 5.73 Å². The second-order valence-electron chi connectivity index (χ2n) is 5.39. The van der Waals surface area contributed by atoms with Crippen molar-refractivity contribution in [1.29, 1.82) is 0 Å². The number of hydrogen-bond donors (Lipinski definition) is 3. The standard InChI is InChI=1S/C18H22FN2O2/c1-23-18-4-2-3-13(10-18)12-21-6-5-16(20)8-14-7-15(19)11-17(22)9-14/h2-4,7-11,16,21-22H,5-6,12,20H2,1H3/t16-/m1/s1. The summed E-state index contributed by atoms with van der Waals surface area (Å²) in [5.41, 5.74) is 7.73. The van der Waals surface area contributed by atoms with E-state index >= 15 is 0 Å². The predicted molar refractivity (Wildman–Crippen MR) is 88.8 cm³/mol. The van der Waals surface area contributed by atoms with Gasteiger partial charge in [0.15, 0.2) is 0 Å². The zero-order valence-electron chi connectivity index (χ0n) is 13.1. The fraction of sp³-hybridized carbons (Fsp3) is 0.278. The van der Waals surface area contributed by atoms with Gasteiger partial charge in [0, 0.05) is 25.1 Å². The Morgan fingerprint density at radius 2 is 2.13 bits per heavy atom. The minimum absolute atomic E-state index is 0.0976. The van der Waals surface area contributed by atoms with E-state index in [-0.39, 0.29) is 11.8 Å². The predicted octanol–water partition coefficient (Wildman–Crippen LogP) is 2.60. The third-order valence-electron chi connectivity index (χ3n) is 3.43. The lowest BCUT2D eigenvalue weighted by atomic mass is 10.0. The number of ether oxygens (including phenoxy) is 1. The summed E-state index contributed by atoms with van der Waals surface area (Å²) >= 11 is 0. The lowest BCUT2D eigenvalue weighted by molar-refractivity contribution is 0.414. The first kappa shape index (κ1) is 17.2. The summed E-state index contributed by atoms with van der Waals surface area (Å²) in [6, 6.07) is 11.6. The molecule has 5 heteroatoms. The zero-order valence-corrected chi connectivity index (χ0v) is 13.1. The Kier molecular flexibility index (Phi) is 6.38. The van der Waals surface area contributed by atoms with Crippen molar-refractivity contribution in [2.45, 2.75) is 19.0 Å². The third kappa shape index (κ3) is 5.88. The SMILES string of the molecule is COc1cccc(CNCC[C@@H](N)[CH]c2cc(O)cc(F)c2)c1. The maximum atomic E-state index is 13.2. The smallest absolute Gasteiger partial charge is 0.127 e. The summed E-state index contributed by atoms with van der Waals surface area (Å²) in [5, 5.41) is 12.7. The van der Waals surface area contributed by atoms with Gasteiger partial charge in [0.25, 0.3) is 0 Å². The Morgan fingerprint density at radius 1 is 1.30 bits per heavy atom. The van der Waals surface area contributed by atoms with Gasteiger partial charge in [-0.2, -0.15) is 0 Å². The van der Waals surface area contributed by atoms with Crippen LogP contribution >= 0.6 is 0 Å². The molecule has 4 N–H and O–H groups in total. The molecule has 4 nitrogen and oxygen atoms in total. The van der Waals surface area contributed by atoms with Gasteiger partial charge < -0.3 is 20.9 Å². The first-order valence-electron chi connectivity index (χ1n) is 7.50. The molecule has 0 aromatic heterocycles. The van der Waals surface area contributed by atoms with E-state index in [9.17, 15) is 9.50 Å². The van der Waals surface area contributed by atoms with E-state index in [1.54, 1.807) is 13.5 Å². The summed E-state index contributed by atoms with van der Waals surface area (Å²) in [4.78, 5) is 0. The fourth-order valence-corrected chi connectivity index (χ4v) is 2.31. The number of methoxy groups -OCH3 is 1. The highest BCUT2D eigenvalue weighted by Crippen LogP contribution is 2.17. The summed E-state index contributed by atoms with van der Waals surface area (Å²) < 4.78 is 18.4. The number of aromatic hydroxyl groups is 1. The van der Waals surface area contributed by atoms with Crippen LogP contribution in [0.2, 0.25) is 0 Å². The van der Waals surface area contributed by atoms with Crippen LogP contribution in [0.25, 0.3) is 0 Å². The molecule has 23 heavy (non-hydrogen) atoms. The number of rotatable bonds is 8. The maximum Gasteiger partial charge on any atom is 0.127 e. The zero-order chi connectivity index (χ0) is 16.7. The van der Waals surface area contributed by atoms with Crippen molar-refractivity contribution < 1.29 is 14.2 Å². The van der Waals surface area contributed by atoms with Crippen molar-refractivity contribution in [3.8, 4) is 11.5 Å². The molecule has 0 heterocycles. The van der Waals surface area contributed by atoms with E-state index < -0.39 is 5.82 Å². The number of nitrogens with two attached hydrogens (primary N) is 1. The highest BCUT2D eigenvalue weighted by atomic mass is 19.1. The third-order valence-corrected chi connectivity index (χ3v) is 3.43. The van der Waals surface area contributed by atoms with Crippen LogP contribution in [0.15, 0.2) is 42.5 Å². The van der Waals surface area contributed by atoms with Crippen LogP contribution in [0.3, 0.4) is 0 Å². The van der Waals surface area contributed by atoms with Crippen molar-refractivity contribution in [1.82, 2.24) is 5.32 Å². The van der Waals surface area contributed by atoms with Crippen LogP contribution in [0.4, 0.5) is 4.39 Å². The molecule has 0 fully saturated rings. The topological polar surface area (TPSA) is 67.5 Å². The molecule has 0 aliphatic heterocycles. The normalized spacial score (nSPS) is 12.1. The molecule has 1 atom stereocenters. The van der Waals surface area contributed by atoms with Crippen molar-refractivity contribution in [3.63, 3.8) is 0 Å². The van der Waals surface area contributed by atoms with Crippen LogP contribution in [-0.2, 0) is 6.54 Å². The van der Waals surface area contributed by atoms with E-state index in [0.717, 1.165) is 30.5 Å². The highest BCUT2D eigenvalue weighted by Gasteiger charge is 2.07. The molecule has 0 saturated carbocycles. The van der Waals surface area contributed by atoms with Gasteiger partial charge in [-0.25, -0.2) is 4.39 Å². The largest absolute Gasteiger partial charge is 0.508 e. The van der Waals surface area contributed by atoms with Crippen molar-refractivity contribution in [3.05, 3.63) is 65.8 Å². The van der Waals surface area contributed by atoms with E-state index in [4.69, 9.17) is 10.5 Å². The summed E-state index contributed by atoms with van der Waals surface area (Å²) in [6.45, 7) is 1.46. The number of phenols is 1. The number of nitrogens with one attached hydrogen (secondary N) is 1. The lowest BCUT2D eigenvalue weighted by Gasteiger charge is -2.12. The highest BCUT2D eigenvalue weighted by molar-refractivity contribution is 5.33. The Bertz CT molecular complexity index is 614. The Hall–Kier alpha value is -2.11. The molecule has 123 valence electrons. The Labute approximate surface area is 136 Å².